The maximum absolute atomic E-state index is 12.3. The van der Waals surface area contributed by atoms with E-state index in [1.165, 1.54) is 58.0 Å². The minimum absolute atomic E-state index is 0.0633. The van der Waals surface area contributed by atoms with Crippen molar-refractivity contribution in [2.24, 2.45) is 5.92 Å². The van der Waals surface area contributed by atoms with Gasteiger partial charge in [0.1, 0.15) is 6.10 Å². The molecule has 0 radical (unpaired) electrons. The summed E-state index contributed by atoms with van der Waals surface area (Å²) < 4.78 is 5.63. The fourth-order valence-electron chi connectivity index (χ4n) is 5.85. The molecule has 0 bridgehead atoms. The van der Waals surface area contributed by atoms with Crippen molar-refractivity contribution in [2.45, 2.75) is 63.5 Å². The number of cyclic esters (lactones) is 1. The number of piperidine rings is 1. The number of carbonyl (C=O) groups is 2. The van der Waals surface area contributed by atoms with Crippen LogP contribution in [-0.4, -0.2) is 114 Å². The van der Waals surface area contributed by atoms with Crippen molar-refractivity contribution in [2.75, 3.05) is 65.4 Å². The van der Waals surface area contributed by atoms with E-state index in [9.17, 15) is 9.59 Å². The molecule has 0 aromatic carbocycles. The predicted octanol–water partition coefficient (Wildman–Crippen LogP) is 1.94. The number of ether oxygens (including phenoxy) is 1. The highest BCUT2D eigenvalue weighted by Crippen LogP contribution is 2.28. The van der Waals surface area contributed by atoms with Crippen molar-refractivity contribution < 1.29 is 19.4 Å². The van der Waals surface area contributed by atoms with Gasteiger partial charge in [0.05, 0.1) is 13.1 Å². The monoisotopic (exact) mass is 436 g/mol. The number of likely N-dealkylation sites (tertiary alicyclic amines) is 1. The summed E-state index contributed by atoms with van der Waals surface area (Å²) in [6.07, 6.45) is 10.4. The van der Waals surface area contributed by atoms with Gasteiger partial charge in [0.15, 0.2) is 0 Å². The molecule has 1 N–H and O–H groups in total. The average molecular weight is 437 g/mol. The number of nitrogens with zero attached hydrogens (tertiary/aromatic N) is 4. The lowest BCUT2D eigenvalue weighted by molar-refractivity contribution is -0.138. The largest absolute Gasteiger partial charge is 0.480 e. The molecule has 1 atom stereocenters. The molecule has 0 spiro atoms. The third-order valence-corrected chi connectivity index (χ3v) is 7.78. The second-order valence-electron chi connectivity index (χ2n) is 9.98. The summed E-state index contributed by atoms with van der Waals surface area (Å²) in [4.78, 5) is 32.1. The molecule has 176 valence electrons. The van der Waals surface area contributed by atoms with Crippen LogP contribution in [0.25, 0.3) is 0 Å². The number of hydrogen-bond acceptors (Lipinski definition) is 6. The number of aliphatic carboxylic acids is 1. The molecule has 8 heteroatoms. The summed E-state index contributed by atoms with van der Waals surface area (Å²) in [6.45, 7) is 8.02. The Kier molecular flexibility index (Phi) is 8.07. The normalized spacial score (nSPS) is 28.2. The highest BCUT2D eigenvalue weighted by Gasteiger charge is 2.34. The summed E-state index contributed by atoms with van der Waals surface area (Å²) >= 11 is 0. The van der Waals surface area contributed by atoms with Crippen LogP contribution < -0.4 is 0 Å². The topological polar surface area (TPSA) is 76.6 Å². The molecular formula is C23H40N4O4. The molecule has 31 heavy (non-hydrogen) atoms. The van der Waals surface area contributed by atoms with Crippen molar-refractivity contribution >= 4 is 12.1 Å². The lowest BCUT2D eigenvalue weighted by atomic mass is 9.89. The summed E-state index contributed by atoms with van der Waals surface area (Å²) in [6, 6.07) is 0.829. The number of amides is 1. The zero-order valence-corrected chi connectivity index (χ0v) is 18.9. The predicted molar refractivity (Wildman–Crippen MR) is 118 cm³/mol. The van der Waals surface area contributed by atoms with Gasteiger partial charge in [-0.1, -0.05) is 19.3 Å². The van der Waals surface area contributed by atoms with E-state index < -0.39 is 5.97 Å². The van der Waals surface area contributed by atoms with Crippen LogP contribution >= 0.6 is 0 Å². The Labute approximate surface area is 186 Å². The van der Waals surface area contributed by atoms with Crippen molar-refractivity contribution in [3.05, 3.63) is 0 Å². The first-order valence-electron chi connectivity index (χ1n) is 12.4. The molecule has 3 saturated heterocycles. The van der Waals surface area contributed by atoms with Crippen LogP contribution in [0.1, 0.15) is 51.4 Å². The maximum atomic E-state index is 12.3. The van der Waals surface area contributed by atoms with Crippen molar-refractivity contribution in [3.63, 3.8) is 0 Å². The van der Waals surface area contributed by atoms with Crippen LogP contribution in [0.2, 0.25) is 0 Å². The third-order valence-electron chi connectivity index (χ3n) is 7.78. The van der Waals surface area contributed by atoms with Crippen LogP contribution in [0.5, 0.6) is 0 Å². The Hall–Kier alpha value is -1.38. The summed E-state index contributed by atoms with van der Waals surface area (Å²) in [7, 11) is 0. The van der Waals surface area contributed by atoms with E-state index in [1.807, 2.05) is 9.80 Å². The molecule has 1 aliphatic carbocycles. The molecule has 1 unspecified atom stereocenters. The van der Waals surface area contributed by atoms with Gasteiger partial charge in [-0.25, -0.2) is 4.79 Å². The fourth-order valence-corrected chi connectivity index (χ4v) is 5.85. The molecule has 0 aromatic heterocycles. The molecular weight excluding hydrogens is 396 g/mol. The lowest BCUT2D eigenvalue weighted by Crippen LogP contribution is -2.50. The Morgan fingerprint density at radius 1 is 0.935 bits per heavy atom. The van der Waals surface area contributed by atoms with Crippen LogP contribution in [0, 0.1) is 5.92 Å². The Morgan fingerprint density at radius 2 is 1.61 bits per heavy atom. The SMILES string of the molecule is O=C(O)CN1CCN(CC2CN(CCC3CCN(C4CCCCC4)CC3)C(=O)O2)CC1. The van der Waals surface area contributed by atoms with Crippen LogP contribution in [0.3, 0.4) is 0 Å². The summed E-state index contributed by atoms with van der Waals surface area (Å²) in [5, 5.41) is 8.92. The lowest BCUT2D eigenvalue weighted by Gasteiger charge is -2.39. The van der Waals surface area contributed by atoms with Gasteiger partial charge in [-0.15, -0.1) is 0 Å². The van der Waals surface area contributed by atoms with Gasteiger partial charge in [0.25, 0.3) is 0 Å². The first-order chi connectivity index (χ1) is 15.1. The van der Waals surface area contributed by atoms with Gasteiger partial charge in [0.2, 0.25) is 0 Å². The van der Waals surface area contributed by atoms with Gasteiger partial charge in [0, 0.05) is 45.3 Å². The molecule has 0 aromatic rings. The highest BCUT2D eigenvalue weighted by atomic mass is 16.6. The van der Waals surface area contributed by atoms with Crippen molar-refractivity contribution in [1.29, 1.82) is 0 Å². The van der Waals surface area contributed by atoms with Crippen LogP contribution in [0.4, 0.5) is 4.79 Å². The molecule has 4 aliphatic rings. The summed E-state index contributed by atoms with van der Waals surface area (Å²) in [5.41, 5.74) is 0. The van der Waals surface area contributed by atoms with Crippen molar-refractivity contribution in [1.82, 2.24) is 19.6 Å². The van der Waals surface area contributed by atoms with Crippen LogP contribution in [-0.2, 0) is 9.53 Å². The number of piperazine rings is 1. The fraction of sp³-hybridized carbons (Fsp3) is 0.913. The molecule has 8 nitrogen and oxygen atoms in total. The van der Waals surface area contributed by atoms with Gasteiger partial charge >= 0.3 is 12.1 Å². The molecule has 3 heterocycles. The first kappa shape index (κ1) is 22.8. The molecule has 3 aliphatic heterocycles. The average Bonchev–Trinajstić information content (AvgIpc) is 3.13. The van der Waals surface area contributed by atoms with Crippen LogP contribution in [0.15, 0.2) is 0 Å². The second kappa shape index (κ2) is 11.0. The minimum Gasteiger partial charge on any atom is -0.480 e. The minimum atomic E-state index is -0.770. The van der Waals surface area contributed by atoms with E-state index in [0.717, 1.165) is 57.6 Å². The quantitative estimate of drug-likeness (QED) is 0.623. The smallest absolute Gasteiger partial charge is 0.410 e. The van der Waals surface area contributed by atoms with E-state index in [0.29, 0.717) is 6.54 Å². The zero-order chi connectivity index (χ0) is 21.6. The van der Waals surface area contributed by atoms with Crippen molar-refractivity contribution in [3.8, 4) is 0 Å². The summed E-state index contributed by atoms with van der Waals surface area (Å²) in [5.74, 6) is -0.0394. The number of hydrogen-bond donors (Lipinski definition) is 1. The Bertz CT molecular complexity index is 596. The molecule has 4 rings (SSSR count). The Balaban J connectivity index is 1.12. The number of rotatable bonds is 8. The van der Waals surface area contributed by atoms with E-state index >= 15 is 0 Å². The Morgan fingerprint density at radius 3 is 2.29 bits per heavy atom. The van der Waals surface area contributed by atoms with E-state index in [4.69, 9.17) is 9.84 Å². The zero-order valence-electron chi connectivity index (χ0n) is 18.9. The number of carboxylic acid groups (broad SMARTS) is 1. The standard InChI is InChI=1S/C23H40N4O4/c28-22(29)18-25-14-12-24(13-15-25)16-21-17-27(23(30)31-21)11-8-19-6-9-26(10-7-19)20-4-2-1-3-5-20/h19-21H,1-18H2,(H,28,29). The number of carboxylic acids is 1. The van der Waals surface area contributed by atoms with Gasteiger partial charge in [-0.05, 0) is 51.1 Å². The molecule has 1 amide bonds. The van der Waals surface area contributed by atoms with Gasteiger partial charge in [-0.3, -0.25) is 14.6 Å². The molecule has 1 saturated carbocycles. The third kappa shape index (κ3) is 6.56. The van der Waals surface area contributed by atoms with E-state index in [2.05, 4.69) is 9.80 Å². The second-order valence-corrected chi connectivity index (χ2v) is 9.98. The van der Waals surface area contributed by atoms with E-state index in [-0.39, 0.29) is 18.7 Å². The van der Waals surface area contributed by atoms with Gasteiger partial charge in [-0.2, -0.15) is 0 Å². The maximum Gasteiger partial charge on any atom is 0.410 e. The molecule has 4 fully saturated rings. The number of carbonyl (C=O) groups excluding carboxylic acids is 1. The highest BCUT2D eigenvalue weighted by molar-refractivity contribution is 5.70. The van der Waals surface area contributed by atoms with E-state index in [1.54, 1.807) is 0 Å². The first-order valence-corrected chi connectivity index (χ1v) is 12.4. The van der Waals surface area contributed by atoms with Gasteiger partial charge < -0.3 is 19.6 Å².